The van der Waals surface area contributed by atoms with Crippen molar-refractivity contribution in [3.8, 4) is 0 Å². The van der Waals surface area contributed by atoms with Crippen LogP contribution >= 0.6 is 0 Å². The van der Waals surface area contributed by atoms with Crippen LogP contribution < -0.4 is 5.32 Å². The van der Waals surface area contributed by atoms with Crippen LogP contribution in [0.1, 0.15) is 45.9 Å². The third-order valence-electron chi connectivity index (χ3n) is 4.92. The second kappa shape index (κ2) is 6.05. The topological polar surface area (TPSA) is 52.0 Å². The van der Waals surface area contributed by atoms with Crippen LogP contribution in [-0.2, 0) is 17.7 Å². The smallest absolute Gasteiger partial charge is 0.138 e. The van der Waals surface area contributed by atoms with E-state index in [0.717, 1.165) is 44.3 Å². The van der Waals surface area contributed by atoms with Crippen LogP contribution in [0.5, 0.6) is 0 Å². The molecule has 1 aliphatic carbocycles. The van der Waals surface area contributed by atoms with Crippen molar-refractivity contribution in [2.75, 3.05) is 13.2 Å². The van der Waals surface area contributed by atoms with Crippen LogP contribution in [0.25, 0.3) is 0 Å². The van der Waals surface area contributed by atoms with Gasteiger partial charge in [-0.1, -0.05) is 13.8 Å². The van der Waals surface area contributed by atoms with Crippen LogP contribution in [0.4, 0.5) is 0 Å². The summed E-state index contributed by atoms with van der Waals surface area (Å²) in [6.45, 7) is 9.34. The van der Waals surface area contributed by atoms with E-state index >= 15 is 0 Å². The fourth-order valence-electron chi connectivity index (χ4n) is 3.60. The molecule has 1 N–H and O–H groups in total. The lowest BCUT2D eigenvalue weighted by molar-refractivity contribution is 0.0285. The highest BCUT2D eigenvalue weighted by Gasteiger charge is 2.51. The second-order valence-corrected chi connectivity index (χ2v) is 6.95. The summed E-state index contributed by atoms with van der Waals surface area (Å²) < 4.78 is 8.18. The minimum Gasteiger partial charge on any atom is -0.377 e. The van der Waals surface area contributed by atoms with E-state index in [0.29, 0.717) is 12.1 Å². The lowest BCUT2D eigenvalue weighted by Crippen LogP contribution is -2.45. The molecule has 2 atom stereocenters. The molecule has 0 spiro atoms. The van der Waals surface area contributed by atoms with E-state index in [2.05, 4.69) is 36.2 Å². The van der Waals surface area contributed by atoms with Gasteiger partial charge < -0.3 is 10.1 Å². The van der Waals surface area contributed by atoms with Crippen LogP contribution in [0.3, 0.4) is 0 Å². The molecule has 1 aliphatic heterocycles. The van der Waals surface area contributed by atoms with Crippen molar-refractivity contribution in [3.63, 3.8) is 0 Å². The maximum Gasteiger partial charge on any atom is 0.138 e. The van der Waals surface area contributed by atoms with Gasteiger partial charge >= 0.3 is 0 Å². The Morgan fingerprint density at radius 2 is 2.29 bits per heavy atom. The van der Waals surface area contributed by atoms with Crippen molar-refractivity contribution >= 4 is 0 Å². The molecule has 2 fully saturated rings. The Morgan fingerprint density at radius 3 is 2.95 bits per heavy atom. The standard InChI is InChI=1S/C16H28N4O/c1-4-20-14(18-11-19-20)9-16(10-17-12(2)3)7-8-21-15(16)13-5-6-13/h11-13,15,17H,4-10H2,1-3H3. The molecule has 5 heteroatoms. The molecule has 1 aromatic rings. The van der Waals surface area contributed by atoms with Gasteiger partial charge in [0.2, 0.25) is 0 Å². The van der Waals surface area contributed by atoms with E-state index in [-0.39, 0.29) is 5.41 Å². The zero-order valence-electron chi connectivity index (χ0n) is 13.5. The lowest BCUT2D eigenvalue weighted by atomic mass is 9.75. The summed E-state index contributed by atoms with van der Waals surface area (Å²) in [5.41, 5.74) is 0.186. The highest BCUT2D eigenvalue weighted by atomic mass is 16.5. The second-order valence-electron chi connectivity index (χ2n) is 6.95. The molecule has 2 heterocycles. The zero-order chi connectivity index (χ0) is 14.9. The Balaban J connectivity index is 1.81. The van der Waals surface area contributed by atoms with Gasteiger partial charge in [0.05, 0.1) is 6.10 Å². The van der Waals surface area contributed by atoms with Crippen molar-refractivity contribution in [2.24, 2.45) is 11.3 Å². The number of aryl methyl sites for hydroxylation is 1. The summed E-state index contributed by atoms with van der Waals surface area (Å²) in [6.07, 6.45) is 6.84. The normalized spacial score (nSPS) is 29.4. The van der Waals surface area contributed by atoms with Crippen LogP contribution in [0.2, 0.25) is 0 Å². The molecule has 118 valence electrons. The predicted molar refractivity (Wildman–Crippen MR) is 82.1 cm³/mol. The number of hydrogen-bond donors (Lipinski definition) is 1. The predicted octanol–water partition coefficient (Wildman–Crippen LogP) is 2.02. The Labute approximate surface area is 127 Å². The largest absolute Gasteiger partial charge is 0.377 e. The summed E-state index contributed by atoms with van der Waals surface area (Å²) >= 11 is 0. The van der Waals surface area contributed by atoms with E-state index in [1.165, 1.54) is 12.8 Å². The quantitative estimate of drug-likeness (QED) is 0.835. The fourth-order valence-corrected chi connectivity index (χ4v) is 3.60. The molecule has 1 aromatic heterocycles. The van der Waals surface area contributed by atoms with Crippen LogP contribution in [-0.4, -0.2) is 40.1 Å². The SMILES string of the molecule is CCn1ncnc1CC1(CNC(C)C)CCOC1C1CC1. The molecule has 0 amide bonds. The zero-order valence-corrected chi connectivity index (χ0v) is 13.5. The summed E-state index contributed by atoms with van der Waals surface area (Å²) in [5, 5.41) is 7.99. The number of ether oxygens (including phenoxy) is 1. The van der Waals surface area contributed by atoms with Crippen LogP contribution in [0.15, 0.2) is 6.33 Å². The summed E-state index contributed by atoms with van der Waals surface area (Å²) in [5.74, 6) is 1.87. The lowest BCUT2D eigenvalue weighted by Gasteiger charge is -2.35. The minimum atomic E-state index is 0.186. The highest BCUT2D eigenvalue weighted by Crippen LogP contribution is 2.49. The molecule has 2 aliphatic rings. The van der Waals surface area contributed by atoms with Gasteiger partial charge in [0.15, 0.2) is 0 Å². The molecule has 21 heavy (non-hydrogen) atoms. The van der Waals surface area contributed by atoms with Crippen LogP contribution in [0, 0.1) is 11.3 Å². The fraction of sp³-hybridized carbons (Fsp3) is 0.875. The molecule has 5 nitrogen and oxygen atoms in total. The van der Waals surface area contributed by atoms with Crippen molar-refractivity contribution in [2.45, 2.75) is 65.1 Å². The third kappa shape index (κ3) is 3.14. The molecule has 0 radical (unpaired) electrons. The van der Waals surface area contributed by atoms with Gasteiger partial charge in [0.25, 0.3) is 0 Å². The Bertz CT molecular complexity index is 469. The first-order valence-corrected chi connectivity index (χ1v) is 8.36. The van der Waals surface area contributed by atoms with Crippen molar-refractivity contribution in [1.82, 2.24) is 20.1 Å². The van der Waals surface area contributed by atoms with E-state index in [4.69, 9.17) is 4.74 Å². The van der Waals surface area contributed by atoms with E-state index in [1.54, 1.807) is 6.33 Å². The monoisotopic (exact) mass is 292 g/mol. The Hall–Kier alpha value is -0.940. The number of nitrogens with zero attached hydrogens (tertiary/aromatic N) is 3. The number of hydrogen-bond acceptors (Lipinski definition) is 4. The van der Waals surface area contributed by atoms with Gasteiger partial charge in [-0.25, -0.2) is 4.98 Å². The van der Waals surface area contributed by atoms with Gasteiger partial charge in [-0.3, -0.25) is 4.68 Å². The van der Waals surface area contributed by atoms with Crippen molar-refractivity contribution in [3.05, 3.63) is 12.2 Å². The van der Waals surface area contributed by atoms with Gasteiger partial charge in [0.1, 0.15) is 12.2 Å². The molecule has 0 aromatic carbocycles. The first-order valence-electron chi connectivity index (χ1n) is 8.36. The Kier molecular flexibility index (Phi) is 4.31. The Morgan fingerprint density at radius 1 is 1.48 bits per heavy atom. The molecule has 0 bridgehead atoms. The molecule has 3 rings (SSSR count). The summed E-state index contributed by atoms with van der Waals surface area (Å²) in [6, 6.07) is 0.506. The molecule has 2 unspecified atom stereocenters. The third-order valence-corrected chi connectivity index (χ3v) is 4.92. The van der Waals surface area contributed by atoms with E-state index in [9.17, 15) is 0 Å². The maximum absolute atomic E-state index is 6.15. The van der Waals surface area contributed by atoms with Gasteiger partial charge in [-0.05, 0) is 32.1 Å². The molecular formula is C16H28N4O. The number of aromatic nitrogens is 3. The summed E-state index contributed by atoms with van der Waals surface area (Å²) in [7, 11) is 0. The minimum absolute atomic E-state index is 0.186. The number of rotatable bonds is 7. The van der Waals surface area contributed by atoms with Gasteiger partial charge in [-0.15, -0.1) is 0 Å². The van der Waals surface area contributed by atoms with Crippen molar-refractivity contribution in [1.29, 1.82) is 0 Å². The highest BCUT2D eigenvalue weighted by molar-refractivity contribution is 5.06. The van der Waals surface area contributed by atoms with E-state index < -0.39 is 0 Å². The molecular weight excluding hydrogens is 264 g/mol. The first kappa shape index (κ1) is 15.0. The van der Waals surface area contributed by atoms with Gasteiger partial charge in [-0.2, -0.15) is 5.10 Å². The molecule has 1 saturated carbocycles. The average molecular weight is 292 g/mol. The van der Waals surface area contributed by atoms with Gasteiger partial charge in [0, 0.05) is 37.6 Å². The van der Waals surface area contributed by atoms with E-state index in [1.807, 2.05) is 4.68 Å². The van der Waals surface area contributed by atoms with Crippen molar-refractivity contribution < 1.29 is 4.74 Å². The first-order chi connectivity index (χ1) is 10.1. The average Bonchev–Trinajstić information content (AvgIpc) is 3.07. The summed E-state index contributed by atoms with van der Waals surface area (Å²) in [4.78, 5) is 4.51. The number of nitrogens with one attached hydrogen (secondary N) is 1. The molecule has 1 saturated heterocycles. The maximum atomic E-state index is 6.15.